The average Bonchev–Trinajstić information content (AvgIpc) is 2.70. The molecule has 0 atom stereocenters. The van der Waals surface area contributed by atoms with Crippen LogP contribution in [0.4, 0.5) is 0 Å². The van der Waals surface area contributed by atoms with Crippen molar-refractivity contribution in [1.82, 2.24) is 15.3 Å². The molecular formula is C21H18ClN3O4. The smallest absolute Gasteiger partial charge is 0.322 e. The standard InChI is InChI=1S/C21H18ClN3O4/c1-12-20(28)19(21(29)23-11-18(26)27)25-17(24-12)10-15-8-7-14(9-16(15)22)13-5-3-2-4-6-13/h2-9,28H,10-11H2,1H3,(H,23,29)(H,26,27). The number of aromatic hydroxyl groups is 1. The summed E-state index contributed by atoms with van der Waals surface area (Å²) in [4.78, 5) is 31.1. The lowest BCUT2D eigenvalue weighted by Crippen LogP contribution is -2.30. The summed E-state index contributed by atoms with van der Waals surface area (Å²) in [5.74, 6) is -2.09. The number of nitrogens with zero attached hydrogens (tertiary/aromatic N) is 2. The van der Waals surface area contributed by atoms with E-state index in [1.165, 1.54) is 6.92 Å². The van der Waals surface area contributed by atoms with Gasteiger partial charge in [0.15, 0.2) is 11.4 Å². The molecule has 0 bridgehead atoms. The molecule has 0 unspecified atom stereocenters. The first-order chi connectivity index (χ1) is 13.8. The van der Waals surface area contributed by atoms with E-state index in [1.807, 2.05) is 48.5 Å². The highest BCUT2D eigenvalue weighted by Crippen LogP contribution is 2.27. The second-order valence-corrected chi connectivity index (χ2v) is 6.76. The first-order valence-corrected chi connectivity index (χ1v) is 9.13. The van der Waals surface area contributed by atoms with Gasteiger partial charge in [0, 0.05) is 11.4 Å². The van der Waals surface area contributed by atoms with Crippen molar-refractivity contribution < 1.29 is 19.8 Å². The number of hydrogen-bond acceptors (Lipinski definition) is 5. The summed E-state index contributed by atoms with van der Waals surface area (Å²) in [6, 6.07) is 15.4. The Labute approximate surface area is 172 Å². The number of rotatable bonds is 6. The topological polar surface area (TPSA) is 112 Å². The Bertz CT molecular complexity index is 1070. The van der Waals surface area contributed by atoms with Crippen LogP contribution in [0.25, 0.3) is 11.1 Å². The monoisotopic (exact) mass is 411 g/mol. The molecule has 2 aromatic carbocycles. The van der Waals surface area contributed by atoms with E-state index >= 15 is 0 Å². The number of hydrogen-bond donors (Lipinski definition) is 3. The summed E-state index contributed by atoms with van der Waals surface area (Å²) < 4.78 is 0. The fourth-order valence-electron chi connectivity index (χ4n) is 2.77. The second-order valence-electron chi connectivity index (χ2n) is 6.35. The number of halogens is 1. The van der Waals surface area contributed by atoms with Gasteiger partial charge in [-0.3, -0.25) is 9.59 Å². The predicted molar refractivity (Wildman–Crippen MR) is 108 cm³/mol. The van der Waals surface area contributed by atoms with Crippen molar-refractivity contribution in [2.45, 2.75) is 13.3 Å². The van der Waals surface area contributed by atoms with Crippen LogP contribution in [0.1, 0.15) is 27.6 Å². The Kier molecular flexibility index (Phi) is 6.09. The molecule has 0 aliphatic rings. The number of nitrogens with one attached hydrogen (secondary N) is 1. The zero-order chi connectivity index (χ0) is 21.0. The van der Waals surface area contributed by atoms with Crippen LogP contribution in [0, 0.1) is 6.92 Å². The number of aryl methyl sites for hydroxylation is 1. The maximum absolute atomic E-state index is 12.1. The molecule has 0 saturated heterocycles. The highest BCUT2D eigenvalue weighted by atomic mass is 35.5. The molecule has 0 aliphatic heterocycles. The highest BCUT2D eigenvalue weighted by Gasteiger charge is 2.19. The van der Waals surface area contributed by atoms with Crippen LogP contribution in [0.5, 0.6) is 5.75 Å². The van der Waals surface area contributed by atoms with Crippen LogP contribution in [0.3, 0.4) is 0 Å². The van der Waals surface area contributed by atoms with E-state index < -0.39 is 18.4 Å². The molecular weight excluding hydrogens is 394 g/mol. The van der Waals surface area contributed by atoms with Gasteiger partial charge in [-0.25, -0.2) is 9.97 Å². The van der Waals surface area contributed by atoms with Crippen molar-refractivity contribution >= 4 is 23.5 Å². The minimum atomic E-state index is -1.20. The maximum atomic E-state index is 12.1. The summed E-state index contributed by atoms with van der Waals surface area (Å²) >= 11 is 6.44. The second kappa shape index (κ2) is 8.70. The number of carboxylic acid groups (broad SMARTS) is 1. The summed E-state index contributed by atoms with van der Waals surface area (Å²) in [6.45, 7) is 0.956. The average molecular weight is 412 g/mol. The Hall–Kier alpha value is -3.45. The van der Waals surface area contributed by atoms with Crippen molar-refractivity contribution in [3.05, 3.63) is 76.3 Å². The van der Waals surface area contributed by atoms with Crippen LogP contribution in [-0.2, 0) is 11.2 Å². The van der Waals surface area contributed by atoms with Crippen LogP contribution >= 0.6 is 11.6 Å². The normalized spacial score (nSPS) is 10.6. The zero-order valence-electron chi connectivity index (χ0n) is 15.5. The van der Waals surface area contributed by atoms with Crippen LogP contribution < -0.4 is 5.32 Å². The van der Waals surface area contributed by atoms with E-state index in [9.17, 15) is 14.7 Å². The van der Waals surface area contributed by atoms with Gasteiger partial charge in [0.1, 0.15) is 12.4 Å². The summed E-state index contributed by atoms with van der Waals surface area (Å²) in [6.07, 6.45) is 0.244. The van der Waals surface area contributed by atoms with Crippen molar-refractivity contribution in [3.8, 4) is 16.9 Å². The Morgan fingerprint density at radius 2 is 1.79 bits per heavy atom. The number of benzene rings is 2. The van der Waals surface area contributed by atoms with Gasteiger partial charge in [0.2, 0.25) is 0 Å². The number of carbonyl (C=O) groups excluding carboxylic acids is 1. The molecule has 1 aromatic heterocycles. The van der Waals surface area contributed by atoms with Crippen LogP contribution in [0.15, 0.2) is 48.5 Å². The molecule has 3 N–H and O–H groups in total. The van der Waals surface area contributed by atoms with Gasteiger partial charge >= 0.3 is 5.97 Å². The largest absolute Gasteiger partial charge is 0.504 e. The number of aliphatic carboxylic acids is 1. The molecule has 0 spiro atoms. The summed E-state index contributed by atoms with van der Waals surface area (Å²) in [5, 5.41) is 21.5. The summed E-state index contributed by atoms with van der Waals surface area (Å²) in [5.41, 5.74) is 2.71. The Balaban J connectivity index is 1.86. The van der Waals surface area contributed by atoms with Crippen molar-refractivity contribution in [2.24, 2.45) is 0 Å². The number of carbonyl (C=O) groups is 2. The van der Waals surface area contributed by atoms with Crippen molar-refractivity contribution in [3.63, 3.8) is 0 Å². The van der Waals surface area contributed by atoms with E-state index in [4.69, 9.17) is 16.7 Å². The molecule has 3 aromatic rings. The molecule has 0 fully saturated rings. The van der Waals surface area contributed by atoms with Gasteiger partial charge in [-0.1, -0.05) is 54.1 Å². The Morgan fingerprint density at radius 3 is 2.45 bits per heavy atom. The molecule has 1 amide bonds. The molecule has 148 valence electrons. The van der Waals surface area contributed by atoms with E-state index in [2.05, 4.69) is 15.3 Å². The van der Waals surface area contributed by atoms with Gasteiger partial charge in [-0.05, 0) is 29.7 Å². The molecule has 0 radical (unpaired) electrons. The van der Waals surface area contributed by atoms with E-state index in [-0.39, 0.29) is 29.4 Å². The SMILES string of the molecule is Cc1nc(Cc2ccc(-c3ccccc3)cc2Cl)nc(C(=O)NCC(=O)O)c1O. The first kappa shape index (κ1) is 20.3. The van der Waals surface area contributed by atoms with Gasteiger partial charge in [-0.15, -0.1) is 0 Å². The first-order valence-electron chi connectivity index (χ1n) is 8.75. The summed E-state index contributed by atoms with van der Waals surface area (Å²) in [7, 11) is 0. The number of carboxylic acids is 1. The van der Waals surface area contributed by atoms with Crippen molar-refractivity contribution in [2.75, 3.05) is 6.54 Å². The third-order valence-corrected chi connectivity index (χ3v) is 4.58. The molecule has 0 aliphatic carbocycles. The number of aromatic nitrogens is 2. The molecule has 3 rings (SSSR count). The zero-order valence-corrected chi connectivity index (χ0v) is 16.3. The highest BCUT2D eigenvalue weighted by molar-refractivity contribution is 6.31. The van der Waals surface area contributed by atoms with Gasteiger partial charge in [0.25, 0.3) is 5.91 Å². The van der Waals surface area contributed by atoms with E-state index in [0.717, 1.165) is 16.7 Å². The van der Waals surface area contributed by atoms with Crippen LogP contribution in [0.2, 0.25) is 5.02 Å². The van der Waals surface area contributed by atoms with Crippen molar-refractivity contribution in [1.29, 1.82) is 0 Å². The van der Waals surface area contributed by atoms with E-state index in [1.54, 1.807) is 0 Å². The van der Waals surface area contributed by atoms with Crippen LogP contribution in [-0.4, -0.2) is 38.6 Å². The minimum absolute atomic E-state index is 0.215. The lowest BCUT2D eigenvalue weighted by atomic mass is 10.0. The third-order valence-electron chi connectivity index (χ3n) is 4.23. The third kappa shape index (κ3) is 4.89. The lowest BCUT2D eigenvalue weighted by molar-refractivity contribution is -0.135. The Morgan fingerprint density at radius 1 is 1.07 bits per heavy atom. The fourth-order valence-corrected chi connectivity index (χ4v) is 3.02. The molecule has 8 heteroatoms. The lowest BCUT2D eigenvalue weighted by Gasteiger charge is -2.10. The minimum Gasteiger partial charge on any atom is -0.504 e. The molecule has 0 saturated carbocycles. The molecule has 7 nitrogen and oxygen atoms in total. The number of amides is 1. The predicted octanol–water partition coefficient (Wildman–Crippen LogP) is 3.22. The molecule has 1 heterocycles. The quantitative estimate of drug-likeness (QED) is 0.574. The van der Waals surface area contributed by atoms with Gasteiger partial charge in [0.05, 0.1) is 5.69 Å². The van der Waals surface area contributed by atoms with Gasteiger partial charge < -0.3 is 15.5 Å². The maximum Gasteiger partial charge on any atom is 0.322 e. The van der Waals surface area contributed by atoms with Gasteiger partial charge in [-0.2, -0.15) is 0 Å². The van der Waals surface area contributed by atoms with E-state index in [0.29, 0.717) is 5.02 Å². The fraction of sp³-hybridized carbons (Fsp3) is 0.143. The molecule has 29 heavy (non-hydrogen) atoms.